The largest absolute Gasteiger partial charge is 0.501 e. The van der Waals surface area contributed by atoms with Crippen LogP contribution in [0.3, 0.4) is 0 Å². The van der Waals surface area contributed by atoms with E-state index in [2.05, 4.69) is 9.72 Å². The summed E-state index contributed by atoms with van der Waals surface area (Å²) in [6.07, 6.45) is 1.52. The minimum atomic E-state index is -0.944. The second-order valence-electron chi connectivity index (χ2n) is 6.06. The molecule has 10 nitrogen and oxygen atoms in total. The van der Waals surface area contributed by atoms with Gasteiger partial charge < -0.3 is 24.4 Å². The maximum Gasteiger partial charge on any atom is 0.360 e. The Morgan fingerprint density at radius 3 is 2.59 bits per heavy atom. The molecule has 1 aliphatic rings. The molecule has 2 aromatic heterocycles. The van der Waals surface area contributed by atoms with E-state index in [0.717, 1.165) is 11.5 Å². The van der Waals surface area contributed by atoms with Crippen LogP contribution in [0.1, 0.15) is 17.4 Å². The van der Waals surface area contributed by atoms with Gasteiger partial charge in [0.2, 0.25) is 11.7 Å². The van der Waals surface area contributed by atoms with Crippen molar-refractivity contribution in [3.63, 3.8) is 0 Å². The third kappa shape index (κ3) is 3.31. The average molecular weight is 376 g/mol. The normalized spacial score (nSPS) is 14.3. The number of aromatic hydroxyl groups is 1. The molecule has 2 aromatic rings. The van der Waals surface area contributed by atoms with E-state index in [1.807, 2.05) is 4.90 Å². The highest BCUT2D eigenvalue weighted by atomic mass is 16.5. The Balaban J connectivity index is 2.31. The van der Waals surface area contributed by atoms with Gasteiger partial charge in [-0.1, -0.05) is 0 Å². The van der Waals surface area contributed by atoms with Gasteiger partial charge in [0.15, 0.2) is 11.3 Å². The molecule has 0 atom stereocenters. The summed E-state index contributed by atoms with van der Waals surface area (Å²) in [6.45, 7) is 3.68. The molecule has 27 heavy (non-hydrogen) atoms. The lowest BCUT2D eigenvalue weighted by atomic mass is 10.2. The van der Waals surface area contributed by atoms with Crippen molar-refractivity contribution in [1.82, 2.24) is 9.38 Å². The Hall–Kier alpha value is -3.14. The Kier molecular flexibility index (Phi) is 5.00. The van der Waals surface area contributed by atoms with E-state index in [4.69, 9.17) is 4.74 Å². The number of rotatable bonds is 3. The van der Waals surface area contributed by atoms with Gasteiger partial charge in [0.05, 0.1) is 31.7 Å². The maximum atomic E-state index is 12.7. The van der Waals surface area contributed by atoms with Crippen LogP contribution in [0.15, 0.2) is 17.1 Å². The van der Waals surface area contributed by atoms with Gasteiger partial charge in [0.1, 0.15) is 0 Å². The lowest BCUT2D eigenvalue weighted by Gasteiger charge is -2.30. The topological polar surface area (TPSA) is 114 Å². The van der Waals surface area contributed by atoms with Gasteiger partial charge in [-0.3, -0.25) is 14.0 Å². The minimum absolute atomic E-state index is 0.0629. The van der Waals surface area contributed by atoms with Crippen molar-refractivity contribution in [2.24, 2.45) is 0 Å². The first-order valence-corrected chi connectivity index (χ1v) is 8.29. The van der Waals surface area contributed by atoms with Gasteiger partial charge in [-0.15, -0.1) is 0 Å². The molecule has 0 aliphatic carbocycles. The predicted molar refractivity (Wildman–Crippen MR) is 96.6 cm³/mol. The first-order chi connectivity index (χ1) is 12.8. The van der Waals surface area contributed by atoms with Crippen molar-refractivity contribution >= 4 is 28.9 Å². The van der Waals surface area contributed by atoms with Gasteiger partial charge >= 0.3 is 11.5 Å². The molecule has 0 spiro atoms. The zero-order chi connectivity index (χ0) is 19.7. The van der Waals surface area contributed by atoms with E-state index < -0.39 is 23.0 Å². The molecule has 1 saturated heterocycles. The Morgan fingerprint density at radius 1 is 1.33 bits per heavy atom. The monoisotopic (exact) mass is 376 g/mol. The van der Waals surface area contributed by atoms with Crippen molar-refractivity contribution in [3.05, 3.63) is 28.3 Å². The molecular weight excluding hydrogens is 356 g/mol. The van der Waals surface area contributed by atoms with Crippen molar-refractivity contribution in [3.8, 4) is 5.75 Å². The van der Waals surface area contributed by atoms with E-state index in [1.165, 1.54) is 25.1 Å². The SMILES string of the molecule is COC(=O)c1nc2c(N(C)C(C)=O)cc(N3CCOCC3)cn2c(=O)c1O. The van der Waals surface area contributed by atoms with Crippen LogP contribution < -0.4 is 15.4 Å². The van der Waals surface area contributed by atoms with Crippen LogP contribution in [0.4, 0.5) is 11.4 Å². The number of morpholine rings is 1. The van der Waals surface area contributed by atoms with Crippen LogP contribution in [-0.4, -0.2) is 66.8 Å². The van der Waals surface area contributed by atoms with E-state index in [9.17, 15) is 19.5 Å². The maximum absolute atomic E-state index is 12.7. The number of pyridine rings is 1. The van der Waals surface area contributed by atoms with Crippen LogP contribution in [0.2, 0.25) is 0 Å². The molecule has 0 bridgehead atoms. The van der Waals surface area contributed by atoms with Crippen LogP contribution >= 0.6 is 0 Å². The Labute approximate surface area is 154 Å². The number of esters is 1. The molecule has 3 rings (SSSR count). The molecule has 1 N–H and O–H groups in total. The Morgan fingerprint density at radius 2 is 2.00 bits per heavy atom. The number of hydrogen-bond acceptors (Lipinski definition) is 8. The zero-order valence-corrected chi connectivity index (χ0v) is 15.3. The van der Waals surface area contributed by atoms with Crippen molar-refractivity contribution < 1.29 is 24.2 Å². The molecule has 144 valence electrons. The van der Waals surface area contributed by atoms with Gasteiger partial charge in [-0.25, -0.2) is 9.78 Å². The molecule has 0 radical (unpaired) electrons. The van der Waals surface area contributed by atoms with Crippen LogP contribution in [0, 0.1) is 0 Å². The second-order valence-corrected chi connectivity index (χ2v) is 6.06. The van der Waals surface area contributed by atoms with E-state index in [-0.39, 0.29) is 11.6 Å². The fourth-order valence-corrected chi connectivity index (χ4v) is 2.85. The molecule has 3 heterocycles. The highest BCUT2D eigenvalue weighted by Crippen LogP contribution is 2.27. The van der Waals surface area contributed by atoms with Gasteiger partial charge in [-0.2, -0.15) is 0 Å². The van der Waals surface area contributed by atoms with Gasteiger partial charge in [0.25, 0.3) is 0 Å². The number of fused-ring (bicyclic) bond motifs is 1. The molecule has 1 amide bonds. The molecule has 10 heteroatoms. The van der Waals surface area contributed by atoms with Crippen molar-refractivity contribution in [2.45, 2.75) is 6.92 Å². The second kappa shape index (κ2) is 7.23. The number of amides is 1. The summed E-state index contributed by atoms with van der Waals surface area (Å²) in [7, 11) is 2.66. The first kappa shape index (κ1) is 18.6. The predicted octanol–water partition coefficient (Wildman–Crippen LogP) is 0.00600. The summed E-state index contributed by atoms with van der Waals surface area (Å²) >= 11 is 0. The zero-order valence-electron chi connectivity index (χ0n) is 15.3. The smallest absolute Gasteiger partial charge is 0.360 e. The van der Waals surface area contributed by atoms with Crippen molar-refractivity contribution in [1.29, 1.82) is 0 Å². The lowest BCUT2D eigenvalue weighted by Crippen LogP contribution is -2.37. The number of carbonyl (C=O) groups excluding carboxylic acids is 2. The fraction of sp³-hybridized carbons (Fsp3) is 0.412. The van der Waals surface area contributed by atoms with Gasteiger partial charge in [0, 0.05) is 33.3 Å². The number of methoxy groups -OCH3 is 1. The molecule has 1 aliphatic heterocycles. The van der Waals surface area contributed by atoms with Crippen molar-refractivity contribution in [2.75, 3.05) is 50.3 Å². The summed E-state index contributed by atoms with van der Waals surface area (Å²) in [6, 6.07) is 1.71. The Bertz CT molecular complexity index is 964. The summed E-state index contributed by atoms with van der Waals surface area (Å²) in [5, 5.41) is 10.1. The molecular formula is C17H20N4O6. The number of ether oxygens (including phenoxy) is 2. The highest BCUT2D eigenvalue weighted by Gasteiger charge is 2.24. The third-order valence-corrected chi connectivity index (χ3v) is 4.46. The van der Waals surface area contributed by atoms with Gasteiger partial charge in [-0.05, 0) is 6.07 Å². The summed E-state index contributed by atoms with van der Waals surface area (Å²) < 4.78 is 11.0. The molecule has 0 saturated carbocycles. The van der Waals surface area contributed by atoms with Crippen LogP contribution in [0.5, 0.6) is 5.75 Å². The number of nitrogens with zero attached hydrogens (tertiary/aromatic N) is 4. The lowest BCUT2D eigenvalue weighted by molar-refractivity contribution is -0.116. The van der Waals surface area contributed by atoms with Crippen LogP contribution in [-0.2, 0) is 14.3 Å². The first-order valence-electron chi connectivity index (χ1n) is 8.29. The van der Waals surface area contributed by atoms with Crippen LogP contribution in [0.25, 0.3) is 5.65 Å². The summed E-state index contributed by atoms with van der Waals surface area (Å²) in [5.74, 6) is -2.03. The van der Waals surface area contributed by atoms with E-state index >= 15 is 0 Å². The third-order valence-electron chi connectivity index (χ3n) is 4.46. The number of anilines is 2. The fourth-order valence-electron chi connectivity index (χ4n) is 2.85. The standard InChI is InChI=1S/C17H20N4O6/c1-10(22)19(2)12-8-11(20-4-6-27-7-5-20)9-21-15(12)18-13(17(25)26-3)14(23)16(21)24/h8-9,23H,4-7H2,1-3H3. The number of hydrogen-bond donors (Lipinski definition) is 1. The summed E-state index contributed by atoms with van der Waals surface area (Å²) in [4.78, 5) is 43.9. The number of aromatic nitrogens is 2. The summed E-state index contributed by atoms with van der Waals surface area (Å²) in [5.41, 5.74) is -0.266. The number of carbonyl (C=O) groups is 2. The van der Waals surface area contributed by atoms with E-state index in [1.54, 1.807) is 6.07 Å². The minimum Gasteiger partial charge on any atom is -0.501 e. The molecule has 0 aromatic carbocycles. The average Bonchev–Trinajstić information content (AvgIpc) is 2.69. The molecule has 0 unspecified atom stereocenters. The molecule has 1 fully saturated rings. The highest BCUT2D eigenvalue weighted by molar-refractivity contribution is 5.97. The quantitative estimate of drug-likeness (QED) is 0.745. The van der Waals surface area contributed by atoms with E-state index in [0.29, 0.717) is 37.7 Å².